The Morgan fingerprint density at radius 1 is 1.10 bits per heavy atom. The summed E-state index contributed by atoms with van der Waals surface area (Å²) in [6.07, 6.45) is 0. The van der Waals surface area contributed by atoms with Crippen molar-refractivity contribution in [3.8, 4) is 11.5 Å². The first-order valence-corrected chi connectivity index (χ1v) is 10.5. The topological polar surface area (TPSA) is 79.9 Å². The highest BCUT2D eigenvalue weighted by Crippen LogP contribution is 2.34. The molecule has 0 bridgehead atoms. The van der Waals surface area contributed by atoms with E-state index in [1.54, 1.807) is 19.1 Å². The summed E-state index contributed by atoms with van der Waals surface area (Å²) in [6.45, 7) is 1.58. The third kappa shape index (κ3) is 5.07. The van der Waals surface area contributed by atoms with Crippen LogP contribution in [-0.4, -0.2) is 48.3 Å². The van der Waals surface area contributed by atoms with Gasteiger partial charge in [-0.05, 0) is 42.8 Å². The molecule has 2 aromatic rings. The van der Waals surface area contributed by atoms with Crippen molar-refractivity contribution in [2.24, 2.45) is 0 Å². The average molecular weight is 427 g/mol. The lowest BCUT2D eigenvalue weighted by atomic mass is 10.2. The van der Waals surface area contributed by atoms with Gasteiger partial charge in [0.25, 0.3) is 10.0 Å². The molecule has 0 atom stereocenters. The van der Waals surface area contributed by atoms with E-state index < -0.39 is 16.6 Å². The number of sulfonamides is 1. The molecule has 0 spiro atoms. The molecule has 7 nitrogen and oxygen atoms in total. The number of alkyl halides is 2. The molecule has 2 N–H and O–H groups in total. The molecule has 0 radical (unpaired) electrons. The van der Waals surface area contributed by atoms with Gasteiger partial charge < -0.3 is 19.7 Å². The molecule has 0 aromatic heterocycles. The van der Waals surface area contributed by atoms with E-state index >= 15 is 0 Å². The van der Waals surface area contributed by atoms with Gasteiger partial charge in [-0.2, -0.15) is 8.78 Å². The molecule has 1 heterocycles. The zero-order chi connectivity index (χ0) is 21.0. The van der Waals surface area contributed by atoms with E-state index in [4.69, 9.17) is 4.74 Å². The molecule has 1 fully saturated rings. The first kappa shape index (κ1) is 21.1. The molecule has 1 saturated heterocycles. The van der Waals surface area contributed by atoms with Crippen molar-refractivity contribution >= 4 is 21.4 Å². The number of nitrogens with one attached hydrogen (secondary N) is 2. The number of benzene rings is 2. The second kappa shape index (κ2) is 8.83. The van der Waals surface area contributed by atoms with Crippen LogP contribution < -0.4 is 24.4 Å². The first-order chi connectivity index (χ1) is 13.8. The number of rotatable bonds is 7. The Kier molecular flexibility index (Phi) is 6.43. The fraction of sp³-hybridized carbons (Fsp3) is 0.368. The summed E-state index contributed by atoms with van der Waals surface area (Å²) in [7, 11) is -2.52. The first-order valence-electron chi connectivity index (χ1n) is 9.02. The van der Waals surface area contributed by atoms with Gasteiger partial charge in [0.2, 0.25) is 0 Å². The van der Waals surface area contributed by atoms with E-state index in [9.17, 15) is 17.2 Å². The number of anilines is 2. The van der Waals surface area contributed by atoms with Crippen molar-refractivity contribution in [1.82, 2.24) is 5.32 Å². The number of piperazine rings is 1. The van der Waals surface area contributed by atoms with Gasteiger partial charge >= 0.3 is 6.61 Å². The molecule has 10 heteroatoms. The number of ether oxygens (including phenoxy) is 2. The van der Waals surface area contributed by atoms with Crippen LogP contribution in [-0.2, 0) is 10.0 Å². The van der Waals surface area contributed by atoms with Gasteiger partial charge in [0, 0.05) is 26.2 Å². The summed E-state index contributed by atoms with van der Waals surface area (Å²) >= 11 is 0. The fourth-order valence-corrected chi connectivity index (χ4v) is 4.19. The quantitative estimate of drug-likeness (QED) is 0.708. The summed E-state index contributed by atoms with van der Waals surface area (Å²) < 4.78 is 63.5. The van der Waals surface area contributed by atoms with Gasteiger partial charge in [-0.3, -0.25) is 4.72 Å². The zero-order valence-corrected chi connectivity index (χ0v) is 16.9. The standard InChI is InChI=1S/C19H23F2N3O4S/c1-13-3-5-15(18(11-13)28-19(20)21)23-29(25,26)14-4-6-17(27-2)16(12-14)24-9-7-22-8-10-24/h3-6,11-12,19,22-23H,7-10H2,1-2H3. The Bertz CT molecular complexity index is 964. The zero-order valence-electron chi connectivity index (χ0n) is 16.1. The molecule has 1 aliphatic rings. The van der Waals surface area contributed by atoms with Crippen molar-refractivity contribution in [2.45, 2.75) is 18.4 Å². The predicted octanol–water partition coefficient (Wildman–Crippen LogP) is 2.82. The van der Waals surface area contributed by atoms with Crippen molar-refractivity contribution in [2.75, 3.05) is 42.9 Å². The van der Waals surface area contributed by atoms with Gasteiger partial charge in [-0.15, -0.1) is 0 Å². The third-order valence-corrected chi connectivity index (χ3v) is 5.88. The Morgan fingerprint density at radius 3 is 2.48 bits per heavy atom. The summed E-state index contributed by atoms with van der Waals surface area (Å²) in [5.74, 6) is 0.322. The van der Waals surface area contributed by atoms with E-state index in [1.165, 1.54) is 31.4 Å². The highest BCUT2D eigenvalue weighted by atomic mass is 32.2. The summed E-state index contributed by atoms with van der Waals surface area (Å²) in [5, 5.41) is 3.24. The minimum Gasteiger partial charge on any atom is -0.495 e. The molecular formula is C19H23F2N3O4S. The molecule has 1 aliphatic heterocycles. The van der Waals surface area contributed by atoms with E-state index in [2.05, 4.69) is 14.8 Å². The van der Waals surface area contributed by atoms with Gasteiger partial charge in [0.05, 0.1) is 23.4 Å². The Hall–Kier alpha value is -2.59. The van der Waals surface area contributed by atoms with Gasteiger partial charge in [-0.25, -0.2) is 8.42 Å². The monoisotopic (exact) mass is 427 g/mol. The van der Waals surface area contributed by atoms with Crippen LogP contribution in [0.3, 0.4) is 0 Å². The van der Waals surface area contributed by atoms with Crippen LogP contribution in [0.15, 0.2) is 41.3 Å². The average Bonchev–Trinajstić information content (AvgIpc) is 2.69. The lowest BCUT2D eigenvalue weighted by Gasteiger charge is -2.30. The Balaban J connectivity index is 1.94. The van der Waals surface area contributed by atoms with Crippen LogP contribution >= 0.6 is 0 Å². The van der Waals surface area contributed by atoms with Crippen molar-refractivity contribution in [3.63, 3.8) is 0 Å². The highest BCUT2D eigenvalue weighted by Gasteiger charge is 2.22. The normalized spacial score (nSPS) is 14.7. The molecule has 158 valence electrons. The maximum absolute atomic E-state index is 12.9. The summed E-state index contributed by atoms with van der Waals surface area (Å²) in [5.41, 5.74) is 1.26. The van der Waals surface area contributed by atoms with Crippen LogP contribution in [0, 0.1) is 6.92 Å². The molecule has 0 unspecified atom stereocenters. The number of hydrogen-bond donors (Lipinski definition) is 2. The van der Waals surface area contributed by atoms with Crippen molar-refractivity contribution in [1.29, 1.82) is 0 Å². The number of halogens is 2. The minimum atomic E-state index is -4.04. The third-order valence-electron chi connectivity index (χ3n) is 4.52. The second-order valence-corrected chi connectivity index (χ2v) is 8.24. The number of methoxy groups -OCH3 is 1. The van der Waals surface area contributed by atoms with E-state index in [0.29, 0.717) is 30.1 Å². The van der Waals surface area contributed by atoms with Gasteiger partial charge in [-0.1, -0.05) is 6.07 Å². The molecule has 3 rings (SSSR count). The Labute approximate surface area is 168 Å². The highest BCUT2D eigenvalue weighted by molar-refractivity contribution is 7.92. The maximum atomic E-state index is 12.9. The number of hydrogen-bond acceptors (Lipinski definition) is 6. The van der Waals surface area contributed by atoms with Crippen LogP contribution in [0.5, 0.6) is 11.5 Å². The lowest BCUT2D eigenvalue weighted by molar-refractivity contribution is -0.0493. The van der Waals surface area contributed by atoms with E-state index in [0.717, 1.165) is 13.1 Å². The van der Waals surface area contributed by atoms with Crippen LogP contribution in [0.1, 0.15) is 5.56 Å². The van der Waals surface area contributed by atoms with Gasteiger partial charge in [0.1, 0.15) is 11.5 Å². The Morgan fingerprint density at radius 2 is 1.83 bits per heavy atom. The summed E-state index contributed by atoms with van der Waals surface area (Å²) in [4.78, 5) is 2.03. The van der Waals surface area contributed by atoms with Crippen LogP contribution in [0.4, 0.5) is 20.2 Å². The predicted molar refractivity (Wildman–Crippen MR) is 107 cm³/mol. The summed E-state index contributed by atoms with van der Waals surface area (Å²) in [6, 6.07) is 8.87. The molecule has 0 amide bonds. The fourth-order valence-electron chi connectivity index (χ4n) is 3.10. The molecule has 29 heavy (non-hydrogen) atoms. The van der Waals surface area contributed by atoms with Crippen LogP contribution in [0.25, 0.3) is 0 Å². The van der Waals surface area contributed by atoms with Gasteiger partial charge in [0.15, 0.2) is 0 Å². The SMILES string of the molecule is COc1ccc(S(=O)(=O)Nc2ccc(C)cc2OC(F)F)cc1N1CCNCC1. The number of nitrogens with zero attached hydrogens (tertiary/aromatic N) is 1. The number of aryl methyl sites for hydroxylation is 1. The minimum absolute atomic E-state index is 0.00426. The van der Waals surface area contributed by atoms with Crippen molar-refractivity contribution in [3.05, 3.63) is 42.0 Å². The largest absolute Gasteiger partial charge is 0.495 e. The molecule has 0 aliphatic carbocycles. The maximum Gasteiger partial charge on any atom is 0.387 e. The second-order valence-electron chi connectivity index (χ2n) is 6.55. The molecular weight excluding hydrogens is 404 g/mol. The molecule has 2 aromatic carbocycles. The lowest BCUT2D eigenvalue weighted by Crippen LogP contribution is -2.43. The smallest absolute Gasteiger partial charge is 0.387 e. The van der Waals surface area contributed by atoms with Crippen molar-refractivity contribution < 1.29 is 26.7 Å². The van der Waals surface area contributed by atoms with E-state index in [1.807, 2.05) is 4.90 Å². The van der Waals surface area contributed by atoms with E-state index in [-0.39, 0.29) is 16.3 Å². The molecule has 0 saturated carbocycles. The van der Waals surface area contributed by atoms with Crippen LogP contribution in [0.2, 0.25) is 0 Å².